The first-order valence-electron chi connectivity index (χ1n) is 7.07. The fourth-order valence-electron chi connectivity index (χ4n) is 2.07. The molecule has 4 nitrogen and oxygen atoms in total. The van der Waals surface area contributed by atoms with Crippen LogP contribution in [0, 0.1) is 12.8 Å². The Balaban J connectivity index is 1.60. The van der Waals surface area contributed by atoms with Crippen LogP contribution in [0.5, 0.6) is 11.5 Å². The van der Waals surface area contributed by atoms with Crippen LogP contribution in [0.25, 0.3) is 0 Å². The summed E-state index contributed by atoms with van der Waals surface area (Å²) < 4.78 is 5.75. The summed E-state index contributed by atoms with van der Waals surface area (Å²) in [5.74, 6) is 1.72. The van der Waals surface area contributed by atoms with Crippen molar-refractivity contribution < 1.29 is 9.53 Å². The Morgan fingerprint density at radius 3 is 2.14 bits per heavy atom. The molecule has 1 aliphatic rings. The number of nitrogens with one attached hydrogen (secondary N) is 2. The highest BCUT2D eigenvalue weighted by atomic mass is 16.5. The minimum Gasteiger partial charge on any atom is -0.457 e. The van der Waals surface area contributed by atoms with Gasteiger partial charge in [-0.2, -0.15) is 0 Å². The van der Waals surface area contributed by atoms with E-state index in [1.54, 1.807) is 0 Å². The second-order valence-corrected chi connectivity index (χ2v) is 5.28. The van der Waals surface area contributed by atoms with Gasteiger partial charge in [0.2, 0.25) is 5.91 Å². The molecular formula is C17H18N2O2. The average Bonchev–Trinajstić information content (AvgIpc) is 2.41. The van der Waals surface area contributed by atoms with Crippen molar-refractivity contribution in [2.24, 2.45) is 5.92 Å². The van der Waals surface area contributed by atoms with E-state index in [0.29, 0.717) is 0 Å². The molecule has 0 spiro atoms. The first-order chi connectivity index (χ1) is 10.2. The summed E-state index contributed by atoms with van der Waals surface area (Å²) in [5.41, 5.74) is 1.99. The van der Waals surface area contributed by atoms with Gasteiger partial charge in [-0.05, 0) is 43.3 Å². The van der Waals surface area contributed by atoms with E-state index in [1.807, 2.05) is 55.5 Å². The highest BCUT2D eigenvalue weighted by molar-refractivity contribution is 5.93. The lowest BCUT2D eigenvalue weighted by Gasteiger charge is -2.25. The Hall–Kier alpha value is -2.33. The predicted molar refractivity (Wildman–Crippen MR) is 82.7 cm³/mol. The summed E-state index contributed by atoms with van der Waals surface area (Å²) >= 11 is 0. The van der Waals surface area contributed by atoms with E-state index in [1.165, 1.54) is 5.56 Å². The Kier molecular flexibility index (Phi) is 3.88. The summed E-state index contributed by atoms with van der Waals surface area (Å²) in [6.07, 6.45) is 0. The molecule has 2 aromatic rings. The van der Waals surface area contributed by atoms with E-state index in [-0.39, 0.29) is 11.8 Å². The van der Waals surface area contributed by atoms with E-state index >= 15 is 0 Å². The predicted octanol–water partition coefficient (Wildman–Crippen LogP) is 2.95. The van der Waals surface area contributed by atoms with Crippen LogP contribution >= 0.6 is 0 Å². The van der Waals surface area contributed by atoms with Gasteiger partial charge in [0.1, 0.15) is 11.5 Å². The standard InChI is InChI=1S/C17H18N2O2/c1-12-2-6-15(7-3-12)21-16-8-4-14(5-9-16)19-17(20)13-10-18-11-13/h2-9,13,18H,10-11H2,1H3,(H,19,20). The molecule has 1 fully saturated rings. The van der Waals surface area contributed by atoms with Crippen LogP contribution in [0.15, 0.2) is 48.5 Å². The van der Waals surface area contributed by atoms with Gasteiger partial charge in [-0.3, -0.25) is 4.79 Å². The van der Waals surface area contributed by atoms with Gasteiger partial charge in [0.15, 0.2) is 0 Å². The lowest BCUT2D eigenvalue weighted by molar-refractivity contribution is -0.121. The maximum absolute atomic E-state index is 11.8. The Bertz CT molecular complexity index is 616. The smallest absolute Gasteiger partial charge is 0.230 e. The normalized spacial score (nSPS) is 14.3. The van der Waals surface area contributed by atoms with Crippen molar-refractivity contribution in [3.63, 3.8) is 0 Å². The maximum Gasteiger partial charge on any atom is 0.230 e. The first kappa shape index (κ1) is 13.6. The molecule has 108 valence electrons. The zero-order chi connectivity index (χ0) is 14.7. The molecule has 0 aliphatic carbocycles. The van der Waals surface area contributed by atoms with Crippen molar-refractivity contribution in [1.82, 2.24) is 5.32 Å². The molecule has 0 aromatic heterocycles. The molecule has 1 saturated heterocycles. The second kappa shape index (κ2) is 5.97. The monoisotopic (exact) mass is 282 g/mol. The van der Waals surface area contributed by atoms with Crippen LogP contribution < -0.4 is 15.4 Å². The van der Waals surface area contributed by atoms with Crippen LogP contribution in [-0.4, -0.2) is 19.0 Å². The molecule has 3 rings (SSSR count). The van der Waals surface area contributed by atoms with Gasteiger partial charge < -0.3 is 15.4 Å². The zero-order valence-corrected chi connectivity index (χ0v) is 11.9. The third-order valence-electron chi connectivity index (χ3n) is 3.53. The Labute approximate surface area is 124 Å². The molecule has 1 amide bonds. The number of aryl methyl sites for hydroxylation is 1. The van der Waals surface area contributed by atoms with Crippen molar-refractivity contribution in [3.05, 3.63) is 54.1 Å². The summed E-state index contributed by atoms with van der Waals surface area (Å²) in [7, 11) is 0. The lowest BCUT2D eigenvalue weighted by atomic mass is 10.0. The number of amides is 1. The molecule has 0 radical (unpaired) electrons. The van der Waals surface area contributed by atoms with Crippen LogP contribution in [0.2, 0.25) is 0 Å². The number of hydrogen-bond acceptors (Lipinski definition) is 3. The molecule has 0 atom stereocenters. The third kappa shape index (κ3) is 3.41. The van der Waals surface area contributed by atoms with Crippen LogP contribution in [-0.2, 0) is 4.79 Å². The third-order valence-corrected chi connectivity index (χ3v) is 3.53. The molecule has 0 unspecified atom stereocenters. The van der Waals surface area contributed by atoms with E-state index in [2.05, 4.69) is 10.6 Å². The molecule has 0 bridgehead atoms. The fraction of sp³-hybridized carbons (Fsp3) is 0.235. The zero-order valence-electron chi connectivity index (χ0n) is 11.9. The van der Waals surface area contributed by atoms with Crippen molar-refractivity contribution >= 4 is 11.6 Å². The van der Waals surface area contributed by atoms with E-state index in [0.717, 1.165) is 30.3 Å². The van der Waals surface area contributed by atoms with Crippen LogP contribution in [0.4, 0.5) is 5.69 Å². The molecule has 2 aromatic carbocycles. The van der Waals surface area contributed by atoms with Gasteiger partial charge in [0, 0.05) is 18.8 Å². The van der Waals surface area contributed by atoms with Gasteiger partial charge in [-0.25, -0.2) is 0 Å². The second-order valence-electron chi connectivity index (χ2n) is 5.28. The number of hydrogen-bond donors (Lipinski definition) is 2. The SMILES string of the molecule is Cc1ccc(Oc2ccc(NC(=O)C3CNC3)cc2)cc1. The van der Waals surface area contributed by atoms with E-state index < -0.39 is 0 Å². The largest absolute Gasteiger partial charge is 0.457 e. The summed E-state index contributed by atoms with van der Waals surface area (Å²) in [6, 6.07) is 15.3. The van der Waals surface area contributed by atoms with Crippen molar-refractivity contribution in [3.8, 4) is 11.5 Å². The number of ether oxygens (including phenoxy) is 1. The molecule has 1 aliphatic heterocycles. The summed E-state index contributed by atoms with van der Waals surface area (Å²) in [4.78, 5) is 11.8. The average molecular weight is 282 g/mol. The highest BCUT2D eigenvalue weighted by Crippen LogP contribution is 2.23. The number of carbonyl (C=O) groups excluding carboxylic acids is 1. The van der Waals surface area contributed by atoms with Crippen LogP contribution in [0.3, 0.4) is 0 Å². The van der Waals surface area contributed by atoms with Crippen molar-refractivity contribution in [2.75, 3.05) is 18.4 Å². The number of anilines is 1. The Morgan fingerprint density at radius 1 is 1.05 bits per heavy atom. The fourth-order valence-corrected chi connectivity index (χ4v) is 2.07. The topological polar surface area (TPSA) is 50.4 Å². The van der Waals surface area contributed by atoms with Crippen molar-refractivity contribution in [2.45, 2.75) is 6.92 Å². The Morgan fingerprint density at radius 2 is 1.62 bits per heavy atom. The number of carbonyl (C=O) groups is 1. The van der Waals surface area contributed by atoms with Gasteiger partial charge in [-0.15, -0.1) is 0 Å². The molecule has 21 heavy (non-hydrogen) atoms. The molecule has 1 heterocycles. The number of benzene rings is 2. The van der Waals surface area contributed by atoms with E-state index in [4.69, 9.17) is 4.74 Å². The highest BCUT2D eigenvalue weighted by Gasteiger charge is 2.24. The minimum atomic E-state index is 0.0703. The molecular weight excluding hydrogens is 264 g/mol. The maximum atomic E-state index is 11.8. The van der Waals surface area contributed by atoms with Crippen LogP contribution in [0.1, 0.15) is 5.56 Å². The molecule has 2 N–H and O–H groups in total. The summed E-state index contributed by atoms with van der Waals surface area (Å²) in [5, 5.41) is 6.00. The van der Waals surface area contributed by atoms with E-state index in [9.17, 15) is 4.79 Å². The number of rotatable bonds is 4. The molecule has 0 saturated carbocycles. The molecule has 4 heteroatoms. The van der Waals surface area contributed by atoms with Gasteiger partial charge >= 0.3 is 0 Å². The first-order valence-corrected chi connectivity index (χ1v) is 7.07. The summed E-state index contributed by atoms with van der Waals surface area (Å²) in [6.45, 7) is 3.57. The van der Waals surface area contributed by atoms with Gasteiger partial charge in [0.05, 0.1) is 5.92 Å². The minimum absolute atomic E-state index is 0.0703. The quantitative estimate of drug-likeness (QED) is 0.906. The van der Waals surface area contributed by atoms with Crippen molar-refractivity contribution in [1.29, 1.82) is 0 Å². The van der Waals surface area contributed by atoms with Gasteiger partial charge in [0.25, 0.3) is 0 Å². The van der Waals surface area contributed by atoms with Gasteiger partial charge in [-0.1, -0.05) is 17.7 Å². The lowest BCUT2D eigenvalue weighted by Crippen LogP contribution is -2.48.